The van der Waals surface area contributed by atoms with Crippen molar-refractivity contribution in [3.8, 4) is 0 Å². The molecule has 2 rings (SSSR count). The van der Waals surface area contributed by atoms with Crippen molar-refractivity contribution in [1.82, 2.24) is 5.32 Å². The maximum atomic E-state index is 13.6. The van der Waals surface area contributed by atoms with Crippen LogP contribution in [0.4, 0.5) is 10.1 Å². The van der Waals surface area contributed by atoms with Gasteiger partial charge in [-0.05, 0) is 24.7 Å². The van der Waals surface area contributed by atoms with Gasteiger partial charge in [0.15, 0.2) is 0 Å². The number of rotatable bonds is 3. The van der Waals surface area contributed by atoms with Crippen LogP contribution in [0, 0.1) is 5.82 Å². The van der Waals surface area contributed by atoms with Crippen LogP contribution in [-0.4, -0.2) is 25.0 Å². The fraction of sp³-hybridized carbons (Fsp3) is 0.417. The maximum absolute atomic E-state index is 13.6. The molecule has 1 N–H and O–H groups in total. The minimum atomic E-state index is -0.417. The fourth-order valence-corrected chi connectivity index (χ4v) is 2.22. The van der Waals surface area contributed by atoms with E-state index in [1.165, 1.54) is 23.1 Å². The molecule has 1 aromatic carbocycles. The number of likely N-dealkylation sites (N-methyl/N-ethyl adjacent to an activating group) is 1. The molecule has 1 fully saturated rings. The van der Waals surface area contributed by atoms with Gasteiger partial charge in [0.1, 0.15) is 5.82 Å². The van der Waals surface area contributed by atoms with E-state index >= 15 is 0 Å². The molecule has 1 amide bonds. The summed E-state index contributed by atoms with van der Waals surface area (Å²) in [6.07, 6.45) is 0.403. The summed E-state index contributed by atoms with van der Waals surface area (Å²) in [6, 6.07) is 4.34. The summed E-state index contributed by atoms with van der Waals surface area (Å²) < 4.78 is 13.6. The van der Waals surface area contributed by atoms with Crippen molar-refractivity contribution in [1.29, 1.82) is 0 Å². The van der Waals surface area contributed by atoms with Crippen molar-refractivity contribution in [3.63, 3.8) is 0 Å². The highest BCUT2D eigenvalue weighted by Crippen LogP contribution is 2.27. The fourth-order valence-electron chi connectivity index (χ4n) is 2.06. The van der Waals surface area contributed by atoms with Gasteiger partial charge in [0, 0.05) is 24.0 Å². The Balaban J connectivity index is 2.22. The minimum Gasteiger partial charge on any atom is -0.312 e. The van der Waals surface area contributed by atoms with Crippen molar-refractivity contribution < 1.29 is 9.18 Å². The molecule has 3 nitrogen and oxygen atoms in total. The average molecular weight is 257 g/mol. The summed E-state index contributed by atoms with van der Waals surface area (Å²) in [7, 11) is 0. The molecule has 1 atom stereocenters. The SMILES string of the molecule is CCNC1CC(=O)N(c2cc(Cl)ccc2F)C1. The normalized spacial score (nSPS) is 20.1. The van der Waals surface area contributed by atoms with Crippen molar-refractivity contribution in [3.05, 3.63) is 29.0 Å². The highest BCUT2D eigenvalue weighted by Gasteiger charge is 2.31. The number of hydrogen-bond acceptors (Lipinski definition) is 2. The van der Waals surface area contributed by atoms with E-state index in [1.54, 1.807) is 0 Å². The van der Waals surface area contributed by atoms with Crippen LogP contribution < -0.4 is 10.2 Å². The zero-order chi connectivity index (χ0) is 12.4. The quantitative estimate of drug-likeness (QED) is 0.899. The summed E-state index contributed by atoms with van der Waals surface area (Å²) in [6.45, 7) is 3.26. The van der Waals surface area contributed by atoms with E-state index in [-0.39, 0.29) is 17.6 Å². The van der Waals surface area contributed by atoms with Gasteiger partial charge in [-0.1, -0.05) is 18.5 Å². The van der Waals surface area contributed by atoms with E-state index in [1.807, 2.05) is 6.92 Å². The standard InChI is InChI=1S/C12H14ClFN2O/c1-2-15-9-6-12(17)16(7-9)11-5-8(13)3-4-10(11)14/h3-5,9,15H,2,6-7H2,1H3. The second-order valence-corrected chi connectivity index (χ2v) is 4.50. The molecular formula is C12H14ClFN2O. The van der Waals surface area contributed by atoms with Crippen LogP contribution in [0.5, 0.6) is 0 Å². The Kier molecular flexibility index (Phi) is 3.64. The Hall–Kier alpha value is -1.13. The zero-order valence-electron chi connectivity index (χ0n) is 9.54. The van der Waals surface area contributed by atoms with Gasteiger partial charge in [-0.25, -0.2) is 4.39 Å². The predicted molar refractivity (Wildman–Crippen MR) is 65.8 cm³/mol. The van der Waals surface area contributed by atoms with Gasteiger partial charge >= 0.3 is 0 Å². The molecule has 1 aliphatic rings. The Morgan fingerprint density at radius 2 is 2.35 bits per heavy atom. The third-order valence-electron chi connectivity index (χ3n) is 2.82. The van der Waals surface area contributed by atoms with Crippen molar-refractivity contribution in [2.24, 2.45) is 0 Å². The Bertz CT molecular complexity index is 439. The summed E-state index contributed by atoms with van der Waals surface area (Å²) in [4.78, 5) is 13.3. The highest BCUT2D eigenvalue weighted by molar-refractivity contribution is 6.30. The number of nitrogens with zero attached hydrogens (tertiary/aromatic N) is 1. The molecule has 5 heteroatoms. The second-order valence-electron chi connectivity index (χ2n) is 4.06. The molecule has 0 aliphatic carbocycles. The van der Waals surface area contributed by atoms with Gasteiger partial charge in [-0.3, -0.25) is 4.79 Å². The Labute approximate surface area is 105 Å². The van der Waals surface area contributed by atoms with E-state index in [4.69, 9.17) is 11.6 Å². The van der Waals surface area contributed by atoms with Crippen LogP contribution in [0.3, 0.4) is 0 Å². The lowest BCUT2D eigenvalue weighted by atomic mass is 10.2. The molecule has 1 aliphatic heterocycles. The number of halogens is 2. The first-order valence-corrected chi connectivity index (χ1v) is 5.98. The number of carbonyl (C=O) groups excluding carboxylic acids is 1. The average Bonchev–Trinajstić information content (AvgIpc) is 2.64. The number of benzene rings is 1. The molecule has 0 aromatic heterocycles. The molecule has 0 spiro atoms. The number of anilines is 1. The summed E-state index contributed by atoms with van der Waals surface area (Å²) in [5.41, 5.74) is 0.267. The Morgan fingerprint density at radius 1 is 1.59 bits per heavy atom. The number of nitrogens with one attached hydrogen (secondary N) is 1. The number of hydrogen-bond donors (Lipinski definition) is 1. The van der Waals surface area contributed by atoms with Crippen molar-refractivity contribution >= 4 is 23.2 Å². The molecule has 0 saturated carbocycles. The molecule has 0 radical (unpaired) electrons. The Morgan fingerprint density at radius 3 is 3.06 bits per heavy atom. The topological polar surface area (TPSA) is 32.3 Å². The molecule has 92 valence electrons. The first kappa shape index (κ1) is 12.3. The van der Waals surface area contributed by atoms with Crippen LogP contribution in [0.15, 0.2) is 18.2 Å². The summed E-state index contributed by atoms with van der Waals surface area (Å²) in [5, 5.41) is 3.62. The number of carbonyl (C=O) groups is 1. The lowest BCUT2D eigenvalue weighted by Gasteiger charge is -2.17. The van der Waals surface area contributed by atoms with Gasteiger partial charge in [0.05, 0.1) is 5.69 Å². The summed E-state index contributed by atoms with van der Waals surface area (Å²) >= 11 is 5.82. The first-order valence-electron chi connectivity index (χ1n) is 5.60. The largest absolute Gasteiger partial charge is 0.312 e. The third-order valence-corrected chi connectivity index (χ3v) is 3.05. The van der Waals surface area contributed by atoms with Gasteiger partial charge in [0.25, 0.3) is 0 Å². The van der Waals surface area contributed by atoms with Gasteiger partial charge in [0.2, 0.25) is 5.91 Å². The molecular weight excluding hydrogens is 243 g/mol. The van der Waals surface area contributed by atoms with E-state index in [0.29, 0.717) is 18.0 Å². The third kappa shape index (κ3) is 2.58. The minimum absolute atomic E-state index is 0.0721. The van der Waals surface area contributed by atoms with E-state index in [2.05, 4.69) is 5.32 Å². The zero-order valence-corrected chi connectivity index (χ0v) is 10.3. The molecule has 17 heavy (non-hydrogen) atoms. The monoisotopic (exact) mass is 256 g/mol. The first-order chi connectivity index (χ1) is 8.11. The van der Waals surface area contributed by atoms with Crippen molar-refractivity contribution in [2.45, 2.75) is 19.4 Å². The van der Waals surface area contributed by atoms with Crippen LogP contribution in [0.25, 0.3) is 0 Å². The lowest BCUT2D eigenvalue weighted by molar-refractivity contribution is -0.117. The van der Waals surface area contributed by atoms with E-state index in [0.717, 1.165) is 6.54 Å². The van der Waals surface area contributed by atoms with Crippen LogP contribution >= 0.6 is 11.6 Å². The second kappa shape index (κ2) is 5.02. The van der Waals surface area contributed by atoms with Crippen LogP contribution in [-0.2, 0) is 4.79 Å². The molecule has 1 unspecified atom stereocenters. The molecule has 1 heterocycles. The van der Waals surface area contributed by atoms with Crippen LogP contribution in [0.1, 0.15) is 13.3 Å². The van der Waals surface area contributed by atoms with Crippen LogP contribution in [0.2, 0.25) is 5.02 Å². The molecule has 0 bridgehead atoms. The lowest BCUT2D eigenvalue weighted by Crippen LogP contribution is -2.32. The molecule has 1 saturated heterocycles. The van der Waals surface area contributed by atoms with Gasteiger partial charge < -0.3 is 10.2 Å². The summed E-state index contributed by atoms with van der Waals surface area (Å²) in [5.74, 6) is -0.489. The number of amides is 1. The smallest absolute Gasteiger partial charge is 0.228 e. The maximum Gasteiger partial charge on any atom is 0.228 e. The predicted octanol–water partition coefficient (Wildman–Crippen LogP) is 2.19. The van der Waals surface area contributed by atoms with Gasteiger partial charge in [-0.15, -0.1) is 0 Å². The molecule has 1 aromatic rings. The van der Waals surface area contributed by atoms with Gasteiger partial charge in [-0.2, -0.15) is 0 Å². The van der Waals surface area contributed by atoms with E-state index < -0.39 is 5.82 Å². The van der Waals surface area contributed by atoms with Crippen molar-refractivity contribution in [2.75, 3.05) is 18.0 Å². The van der Waals surface area contributed by atoms with E-state index in [9.17, 15) is 9.18 Å². The highest BCUT2D eigenvalue weighted by atomic mass is 35.5.